The number of aryl methyl sites for hydroxylation is 1. The summed E-state index contributed by atoms with van der Waals surface area (Å²) in [4.78, 5) is 6.25. The Morgan fingerprint density at radius 1 is 1.10 bits per heavy atom. The first-order chi connectivity index (χ1) is 14.6. The number of thioether (sulfide) groups is 1. The Balaban J connectivity index is 1.52. The van der Waals surface area contributed by atoms with E-state index in [4.69, 9.17) is 4.98 Å². The van der Waals surface area contributed by atoms with Crippen LogP contribution in [0.15, 0.2) is 46.2 Å². The summed E-state index contributed by atoms with van der Waals surface area (Å²) in [5, 5.41) is 15.5. The van der Waals surface area contributed by atoms with Crippen molar-refractivity contribution in [2.75, 3.05) is 0 Å². The van der Waals surface area contributed by atoms with Crippen LogP contribution in [0.25, 0.3) is 22.0 Å². The van der Waals surface area contributed by atoms with Crippen molar-refractivity contribution in [2.45, 2.75) is 57.5 Å². The number of thiophene rings is 1. The molecule has 7 heteroatoms. The van der Waals surface area contributed by atoms with Gasteiger partial charge in [0.25, 0.3) is 0 Å². The van der Waals surface area contributed by atoms with Crippen LogP contribution in [0.1, 0.15) is 49.2 Å². The van der Waals surface area contributed by atoms with Crippen molar-refractivity contribution in [1.82, 2.24) is 19.7 Å². The molecule has 0 aliphatic rings. The van der Waals surface area contributed by atoms with Crippen LogP contribution in [0.5, 0.6) is 0 Å². The average molecular weight is 455 g/mol. The summed E-state index contributed by atoms with van der Waals surface area (Å²) in [6.45, 7) is 9.71. The zero-order valence-electron chi connectivity index (χ0n) is 17.8. The molecule has 0 aliphatic heterocycles. The second-order valence-corrected chi connectivity index (χ2v) is 10.3. The average Bonchev–Trinajstić information content (AvgIpc) is 3.47. The second-order valence-electron chi connectivity index (χ2n) is 7.60. The minimum atomic E-state index is 0.534. The monoisotopic (exact) mass is 454 g/mol. The molecule has 0 N–H and O–H groups in total. The normalized spacial score (nSPS) is 11.5. The highest BCUT2D eigenvalue weighted by Crippen LogP contribution is 2.33. The van der Waals surface area contributed by atoms with Gasteiger partial charge in [-0.2, -0.15) is 0 Å². The Hall–Kier alpha value is -1.96. The van der Waals surface area contributed by atoms with Gasteiger partial charge in [0.1, 0.15) is 5.01 Å². The smallest absolute Gasteiger partial charge is 0.191 e. The van der Waals surface area contributed by atoms with Gasteiger partial charge in [-0.15, -0.1) is 32.9 Å². The highest BCUT2D eigenvalue weighted by molar-refractivity contribution is 7.98. The first-order valence-corrected chi connectivity index (χ1v) is 13.0. The number of aromatic nitrogens is 4. The van der Waals surface area contributed by atoms with Crippen molar-refractivity contribution < 1.29 is 0 Å². The van der Waals surface area contributed by atoms with Crippen LogP contribution in [0.4, 0.5) is 0 Å². The van der Waals surface area contributed by atoms with Gasteiger partial charge in [-0.1, -0.05) is 56.8 Å². The summed E-state index contributed by atoms with van der Waals surface area (Å²) in [5.41, 5.74) is 4.74. The van der Waals surface area contributed by atoms with E-state index in [2.05, 4.69) is 83.6 Å². The highest BCUT2D eigenvalue weighted by atomic mass is 32.2. The molecular formula is C23H26N4S3. The van der Waals surface area contributed by atoms with E-state index in [-0.39, 0.29) is 0 Å². The number of benzene rings is 1. The molecule has 0 spiro atoms. The van der Waals surface area contributed by atoms with Gasteiger partial charge in [-0.05, 0) is 30.9 Å². The summed E-state index contributed by atoms with van der Waals surface area (Å²) < 4.78 is 2.26. The summed E-state index contributed by atoms with van der Waals surface area (Å²) >= 11 is 5.23. The molecule has 0 radical (unpaired) electrons. The number of thiazole rings is 1. The van der Waals surface area contributed by atoms with Gasteiger partial charge in [-0.25, -0.2) is 4.98 Å². The predicted molar refractivity (Wildman–Crippen MR) is 130 cm³/mol. The standard InChI is InChI=1S/C23H26N4S3/c1-5-10-27-21(17-11-20(15(2)3)28-12-17)25-26-23(27)30-14-18-13-29-22(24-18)19-9-7-6-8-16(19)4/h6-9,11-13,15H,5,10,14H2,1-4H3. The Morgan fingerprint density at radius 2 is 1.93 bits per heavy atom. The predicted octanol–water partition coefficient (Wildman–Crippen LogP) is 7.26. The molecule has 0 amide bonds. The van der Waals surface area contributed by atoms with Gasteiger partial charge in [0.05, 0.1) is 5.69 Å². The van der Waals surface area contributed by atoms with Crippen molar-refractivity contribution >= 4 is 34.4 Å². The van der Waals surface area contributed by atoms with Crippen LogP contribution in [0.3, 0.4) is 0 Å². The van der Waals surface area contributed by atoms with E-state index >= 15 is 0 Å². The van der Waals surface area contributed by atoms with Crippen LogP contribution in [0, 0.1) is 6.92 Å². The van der Waals surface area contributed by atoms with Crippen molar-refractivity contribution in [3.05, 3.63) is 57.2 Å². The molecule has 0 aliphatic carbocycles. The lowest BCUT2D eigenvalue weighted by Crippen LogP contribution is -2.01. The van der Waals surface area contributed by atoms with Crippen molar-refractivity contribution in [1.29, 1.82) is 0 Å². The maximum Gasteiger partial charge on any atom is 0.191 e. The van der Waals surface area contributed by atoms with Gasteiger partial charge < -0.3 is 4.57 Å². The topological polar surface area (TPSA) is 43.6 Å². The summed E-state index contributed by atoms with van der Waals surface area (Å²) in [5.74, 6) is 2.30. The summed E-state index contributed by atoms with van der Waals surface area (Å²) in [6, 6.07) is 10.7. The van der Waals surface area contributed by atoms with E-state index in [0.717, 1.165) is 40.4 Å². The number of nitrogens with zero attached hydrogens (tertiary/aromatic N) is 4. The first kappa shape index (κ1) is 21.3. The van der Waals surface area contributed by atoms with E-state index in [1.54, 1.807) is 34.4 Å². The molecule has 156 valence electrons. The third-order valence-corrected chi connectivity index (χ3v) is 8.05. The molecular weight excluding hydrogens is 428 g/mol. The van der Waals surface area contributed by atoms with Crippen molar-refractivity contribution in [2.24, 2.45) is 0 Å². The molecule has 1 aromatic carbocycles. The summed E-state index contributed by atoms with van der Waals surface area (Å²) in [7, 11) is 0. The van der Waals surface area contributed by atoms with Gasteiger partial charge in [-0.3, -0.25) is 0 Å². The van der Waals surface area contributed by atoms with E-state index in [1.165, 1.54) is 21.6 Å². The molecule has 0 bridgehead atoms. The van der Waals surface area contributed by atoms with Crippen LogP contribution in [0.2, 0.25) is 0 Å². The van der Waals surface area contributed by atoms with Crippen molar-refractivity contribution in [3.8, 4) is 22.0 Å². The largest absolute Gasteiger partial charge is 0.302 e. The van der Waals surface area contributed by atoms with E-state index in [1.807, 2.05) is 0 Å². The van der Waals surface area contributed by atoms with Crippen LogP contribution >= 0.6 is 34.4 Å². The zero-order valence-corrected chi connectivity index (χ0v) is 20.2. The Bertz CT molecular complexity index is 1120. The van der Waals surface area contributed by atoms with Gasteiger partial charge in [0, 0.05) is 39.1 Å². The Labute approximate surface area is 190 Å². The minimum Gasteiger partial charge on any atom is -0.302 e. The molecule has 3 heterocycles. The van der Waals surface area contributed by atoms with Crippen molar-refractivity contribution in [3.63, 3.8) is 0 Å². The Morgan fingerprint density at radius 3 is 2.67 bits per heavy atom. The minimum absolute atomic E-state index is 0.534. The number of hydrogen-bond donors (Lipinski definition) is 0. The van der Waals surface area contributed by atoms with E-state index < -0.39 is 0 Å². The Kier molecular flexibility index (Phi) is 6.71. The second kappa shape index (κ2) is 9.45. The maximum absolute atomic E-state index is 4.86. The first-order valence-electron chi connectivity index (χ1n) is 10.2. The zero-order chi connectivity index (χ0) is 21.1. The molecule has 0 saturated carbocycles. The third-order valence-electron chi connectivity index (χ3n) is 4.89. The van der Waals surface area contributed by atoms with Gasteiger partial charge in [0.15, 0.2) is 11.0 Å². The third kappa shape index (κ3) is 4.53. The van der Waals surface area contributed by atoms with Crippen LogP contribution < -0.4 is 0 Å². The lowest BCUT2D eigenvalue weighted by molar-refractivity contribution is 0.626. The molecule has 0 saturated heterocycles. The fourth-order valence-corrected chi connectivity index (χ4v) is 6.03. The molecule has 3 aromatic heterocycles. The fourth-order valence-electron chi connectivity index (χ4n) is 3.26. The van der Waals surface area contributed by atoms with Crippen LogP contribution in [-0.4, -0.2) is 19.7 Å². The lowest BCUT2D eigenvalue weighted by Gasteiger charge is -2.07. The molecule has 4 rings (SSSR count). The molecule has 4 aromatic rings. The maximum atomic E-state index is 4.86. The van der Waals surface area contributed by atoms with Gasteiger partial charge >= 0.3 is 0 Å². The fraction of sp³-hybridized carbons (Fsp3) is 0.348. The molecule has 30 heavy (non-hydrogen) atoms. The number of rotatable bonds is 8. The van der Waals surface area contributed by atoms with E-state index in [9.17, 15) is 0 Å². The molecule has 4 nitrogen and oxygen atoms in total. The van der Waals surface area contributed by atoms with Crippen LogP contribution in [-0.2, 0) is 12.3 Å². The lowest BCUT2D eigenvalue weighted by atomic mass is 10.1. The number of hydrogen-bond acceptors (Lipinski definition) is 6. The van der Waals surface area contributed by atoms with E-state index in [0.29, 0.717) is 5.92 Å². The molecule has 0 fully saturated rings. The summed E-state index contributed by atoms with van der Waals surface area (Å²) in [6.07, 6.45) is 1.05. The van der Waals surface area contributed by atoms with Gasteiger partial charge in [0.2, 0.25) is 0 Å². The SMILES string of the molecule is CCCn1c(SCc2csc(-c3ccccc3C)n2)nnc1-c1csc(C(C)C)c1. The quantitative estimate of drug-likeness (QED) is 0.263. The highest BCUT2D eigenvalue weighted by Gasteiger charge is 2.17. The molecule has 0 unspecified atom stereocenters. The molecule has 0 atom stereocenters.